The maximum absolute atomic E-state index is 5.45. The van der Waals surface area contributed by atoms with Crippen molar-refractivity contribution in [2.45, 2.75) is 39.2 Å². The Labute approximate surface area is 114 Å². The van der Waals surface area contributed by atoms with Gasteiger partial charge in [-0.3, -0.25) is 0 Å². The average Bonchev–Trinajstić information content (AvgIpc) is 2.39. The van der Waals surface area contributed by atoms with Crippen molar-refractivity contribution in [1.82, 2.24) is 0 Å². The van der Waals surface area contributed by atoms with Crippen LogP contribution < -0.4 is 0 Å². The van der Waals surface area contributed by atoms with Crippen LogP contribution in [0.15, 0.2) is 0 Å². The van der Waals surface area contributed by atoms with E-state index in [4.69, 9.17) is 18.6 Å². The molecule has 0 unspecified atom stereocenters. The molecular formula is C13H28O4Si. The number of unbranched alkanes of at least 4 members (excludes halogenated alkanes) is 3. The van der Waals surface area contributed by atoms with Crippen LogP contribution in [-0.4, -0.2) is 56.0 Å². The van der Waals surface area contributed by atoms with Gasteiger partial charge >= 0.3 is 0 Å². The monoisotopic (exact) mass is 276 g/mol. The molecule has 0 amide bonds. The second kappa shape index (κ2) is 17.1. The molecule has 0 spiro atoms. The van der Waals surface area contributed by atoms with Gasteiger partial charge in [0.1, 0.15) is 0 Å². The Hall–Kier alpha value is 0.0569. The molecule has 18 heavy (non-hydrogen) atoms. The van der Waals surface area contributed by atoms with Gasteiger partial charge < -0.3 is 18.6 Å². The van der Waals surface area contributed by atoms with Crippen LogP contribution in [0.1, 0.15) is 32.6 Å². The van der Waals surface area contributed by atoms with Crippen molar-refractivity contribution >= 4 is 9.76 Å². The topological polar surface area (TPSA) is 36.9 Å². The smallest absolute Gasteiger partial charge is 0.226 e. The van der Waals surface area contributed by atoms with Crippen LogP contribution >= 0.6 is 0 Å². The molecule has 0 aliphatic carbocycles. The highest BCUT2D eigenvalue weighted by atomic mass is 28.2. The highest BCUT2D eigenvalue weighted by molar-refractivity contribution is 6.24. The Balaban J connectivity index is 2.86. The summed E-state index contributed by atoms with van der Waals surface area (Å²) in [5.41, 5.74) is 0. The average molecular weight is 276 g/mol. The van der Waals surface area contributed by atoms with E-state index < -0.39 is 0 Å². The summed E-state index contributed by atoms with van der Waals surface area (Å²) in [4.78, 5) is 0. The Bertz CT molecular complexity index is 131. The lowest BCUT2D eigenvalue weighted by molar-refractivity contribution is 0.00898. The van der Waals surface area contributed by atoms with E-state index in [0.29, 0.717) is 49.4 Å². The molecule has 0 atom stereocenters. The summed E-state index contributed by atoms with van der Waals surface area (Å²) in [5, 5.41) is 0. The maximum atomic E-state index is 5.45. The Morgan fingerprint density at radius 1 is 0.667 bits per heavy atom. The molecule has 0 rings (SSSR count). The zero-order valence-electron chi connectivity index (χ0n) is 11.9. The van der Waals surface area contributed by atoms with Gasteiger partial charge in [-0.1, -0.05) is 26.2 Å². The third kappa shape index (κ3) is 16.1. The molecule has 0 aliphatic rings. The number of rotatable bonds is 15. The highest BCUT2D eigenvalue weighted by Gasteiger charge is 1.92. The largest absolute Gasteiger partial charge is 0.415 e. The lowest BCUT2D eigenvalue weighted by Gasteiger charge is -2.06. The fourth-order valence-corrected chi connectivity index (χ4v) is 1.66. The first-order chi connectivity index (χ1) is 8.91. The minimum Gasteiger partial charge on any atom is -0.415 e. The van der Waals surface area contributed by atoms with Crippen LogP contribution in [0.2, 0.25) is 6.55 Å². The minimum absolute atomic E-state index is 0.541. The molecule has 0 saturated heterocycles. The summed E-state index contributed by atoms with van der Waals surface area (Å²) in [5.74, 6) is 0. The van der Waals surface area contributed by atoms with Crippen LogP contribution in [0.4, 0.5) is 0 Å². The van der Waals surface area contributed by atoms with Gasteiger partial charge in [0.2, 0.25) is 9.76 Å². The number of hydrogen-bond donors (Lipinski definition) is 0. The quantitative estimate of drug-likeness (QED) is 0.340. The zero-order valence-corrected chi connectivity index (χ0v) is 12.9. The number of ether oxygens (including phenoxy) is 3. The molecule has 0 fully saturated rings. The summed E-state index contributed by atoms with van der Waals surface area (Å²) in [7, 11) is 0.541. The van der Waals surface area contributed by atoms with E-state index in [9.17, 15) is 0 Å². The first-order valence-corrected chi connectivity index (χ1v) is 8.34. The molecule has 108 valence electrons. The van der Waals surface area contributed by atoms with Crippen molar-refractivity contribution in [2.75, 3.05) is 46.2 Å². The molecular weight excluding hydrogens is 248 g/mol. The third-order valence-corrected chi connectivity index (χ3v) is 2.85. The van der Waals surface area contributed by atoms with Crippen molar-refractivity contribution in [3.05, 3.63) is 0 Å². The molecule has 0 aromatic carbocycles. The highest BCUT2D eigenvalue weighted by Crippen LogP contribution is 1.98. The van der Waals surface area contributed by atoms with E-state index in [2.05, 4.69) is 6.92 Å². The van der Waals surface area contributed by atoms with E-state index in [1.165, 1.54) is 19.3 Å². The predicted octanol–water partition coefficient (Wildman–Crippen LogP) is 2.30. The van der Waals surface area contributed by atoms with Crippen molar-refractivity contribution in [1.29, 1.82) is 0 Å². The van der Waals surface area contributed by atoms with E-state index in [0.717, 1.165) is 13.0 Å². The second-order valence-corrected chi connectivity index (χ2v) is 4.65. The Morgan fingerprint density at radius 3 is 1.78 bits per heavy atom. The summed E-state index contributed by atoms with van der Waals surface area (Å²) in [6, 6.07) is 0. The normalized spacial score (nSPS) is 11.0. The lowest BCUT2D eigenvalue weighted by Crippen LogP contribution is -2.12. The van der Waals surface area contributed by atoms with Crippen molar-refractivity contribution < 1.29 is 18.6 Å². The van der Waals surface area contributed by atoms with Crippen LogP contribution in [-0.2, 0) is 18.6 Å². The van der Waals surface area contributed by atoms with E-state index >= 15 is 0 Å². The molecule has 0 aliphatic heterocycles. The molecule has 0 aromatic heterocycles. The summed E-state index contributed by atoms with van der Waals surface area (Å²) in [6.45, 7) is 9.01. The van der Waals surface area contributed by atoms with E-state index in [1.54, 1.807) is 0 Å². The molecule has 0 N–H and O–H groups in total. The first-order valence-electron chi connectivity index (χ1n) is 6.93. The van der Waals surface area contributed by atoms with Crippen LogP contribution in [0.5, 0.6) is 0 Å². The van der Waals surface area contributed by atoms with Gasteiger partial charge in [0.25, 0.3) is 0 Å². The summed E-state index contributed by atoms with van der Waals surface area (Å²) >= 11 is 0. The van der Waals surface area contributed by atoms with Crippen LogP contribution in [0, 0.1) is 0 Å². The van der Waals surface area contributed by atoms with Gasteiger partial charge in [-0.05, 0) is 13.0 Å². The SMILES string of the molecule is CCCCCCOCCOCCOCCO[Si]C. The van der Waals surface area contributed by atoms with Gasteiger partial charge in [-0.2, -0.15) is 0 Å². The van der Waals surface area contributed by atoms with Crippen LogP contribution in [0.25, 0.3) is 0 Å². The molecule has 5 heteroatoms. The second-order valence-electron chi connectivity index (χ2n) is 3.95. The van der Waals surface area contributed by atoms with Gasteiger partial charge in [0.15, 0.2) is 0 Å². The fraction of sp³-hybridized carbons (Fsp3) is 1.00. The van der Waals surface area contributed by atoms with Gasteiger partial charge in [-0.15, -0.1) is 0 Å². The van der Waals surface area contributed by atoms with Gasteiger partial charge in [0, 0.05) is 6.61 Å². The van der Waals surface area contributed by atoms with Crippen molar-refractivity contribution in [3.63, 3.8) is 0 Å². The predicted molar refractivity (Wildman–Crippen MR) is 74.2 cm³/mol. The number of hydrogen-bond acceptors (Lipinski definition) is 4. The standard InChI is InChI=1S/C13H28O4Si/c1-3-4-5-6-7-14-8-9-15-10-11-16-12-13-17-18-2/h3-13H2,1-2H3. The molecule has 0 saturated carbocycles. The van der Waals surface area contributed by atoms with Gasteiger partial charge in [-0.25, -0.2) is 0 Å². The fourth-order valence-electron chi connectivity index (χ4n) is 1.38. The molecule has 0 aromatic rings. The van der Waals surface area contributed by atoms with Crippen molar-refractivity contribution in [2.24, 2.45) is 0 Å². The molecule has 2 radical (unpaired) electrons. The van der Waals surface area contributed by atoms with Crippen molar-refractivity contribution in [3.8, 4) is 0 Å². The Morgan fingerprint density at radius 2 is 1.22 bits per heavy atom. The molecule has 0 bridgehead atoms. The third-order valence-electron chi connectivity index (χ3n) is 2.36. The maximum Gasteiger partial charge on any atom is 0.226 e. The summed E-state index contributed by atoms with van der Waals surface area (Å²) < 4.78 is 21.3. The Kier molecular flexibility index (Phi) is 17.1. The molecule has 4 nitrogen and oxygen atoms in total. The van der Waals surface area contributed by atoms with Crippen LogP contribution in [0.3, 0.4) is 0 Å². The summed E-state index contributed by atoms with van der Waals surface area (Å²) in [6.07, 6.45) is 5.01. The zero-order chi connectivity index (χ0) is 13.3. The lowest BCUT2D eigenvalue weighted by atomic mass is 10.2. The van der Waals surface area contributed by atoms with E-state index in [1.807, 2.05) is 6.55 Å². The first kappa shape index (κ1) is 18.1. The molecule has 0 heterocycles. The van der Waals surface area contributed by atoms with Gasteiger partial charge in [0.05, 0.1) is 39.6 Å². The minimum atomic E-state index is 0.541. The van der Waals surface area contributed by atoms with E-state index in [-0.39, 0.29) is 0 Å².